The zero-order chi connectivity index (χ0) is 13.8. The Hall–Kier alpha value is -1.43. The molecule has 1 aliphatic rings. The summed E-state index contributed by atoms with van der Waals surface area (Å²) in [6.07, 6.45) is 3.14. The fourth-order valence-corrected chi connectivity index (χ4v) is 2.34. The van der Waals surface area contributed by atoms with Gasteiger partial charge in [0.15, 0.2) is 0 Å². The van der Waals surface area contributed by atoms with E-state index in [2.05, 4.69) is 29.2 Å². The summed E-state index contributed by atoms with van der Waals surface area (Å²) < 4.78 is 1.95. The Kier molecular flexibility index (Phi) is 4.52. The predicted octanol–water partition coefficient (Wildman–Crippen LogP) is 0.644. The lowest BCUT2D eigenvalue weighted by atomic mass is 10.1. The van der Waals surface area contributed by atoms with Crippen molar-refractivity contribution in [1.82, 2.24) is 25.0 Å². The number of hydrogen-bond donors (Lipinski definition) is 1. The van der Waals surface area contributed by atoms with Crippen LogP contribution in [-0.4, -0.2) is 45.2 Å². The Morgan fingerprint density at radius 2 is 2.32 bits per heavy atom. The van der Waals surface area contributed by atoms with Crippen molar-refractivity contribution in [3.05, 3.63) is 12.2 Å². The first-order chi connectivity index (χ1) is 9.06. The first-order valence-electron chi connectivity index (χ1n) is 6.90. The molecule has 1 aromatic heterocycles. The molecule has 1 aliphatic heterocycles. The summed E-state index contributed by atoms with van der Waals surface area (Å²) in [5.74, 6) is 1.76. The quantitative estimate of drug-likeness (QED) is 0.849. The zero-order valence-electron chi connectivity index (χ0n) is 12.0. The SMILES string of the molecule is CC(C)Cn1ncnc1CNC1CCC(=O)N(C)C1. The van der Waals surface area contributed by atoms with Crippen LogP contribution in [-0.2, 0) is 17.9 Å². The molecule has 1 N–H and O–H groups in total. The molecule has 1 saturated heterocycles. The van der Waals surface area contributed by atoms with Crippen molar-refractivity contribution in [3.8, 4) is 0 Å². The van der Waals surface area contributed by atoms with Gasteiger partial charge in [0.25, 0.3) is 0 Å². The molecule has 1 fully saturated rings. The fourth-order valence-electron chi connectivity index (χ4n) is 2.34. The van der Waals surface area contributed by atoms with Crippen LogP contribution < -0.4 is 5.32 Å². The first-order valence-corrected chi connectivity index (χ1v) is 6.90. The van der Waals surface area contributed by atoms with Crippen molar-refractivity contribution in [2.45, 2.75) is 45.8 Å². The van der Waals surface area contributed by atoms with Crippen LogP contribution in [0.3, 0.4) is 0 Å². The normalized spacial score (nSPS) is 20.3. The third kappa shape index (κ3) is 3.76. The topological polar surface area (TPSA) is 63.1 Å². The molecule has 6 heteroatoms. The number of piperidine rings is 1. The zero-order valence-corrected chi connectivity index (χ0v) is 12.0. The van der Waals surface area contributed by atoms with E-state index in [9.17, 15) is 4.79 Å². The van der Waals surface area contributed by atoms with E-state index < -0.39 is 0 Å². The van der Waals surface area contributed by atoms with Crippen LogP contribution in [0.5, 0.6) is 0 Å². The number of amides is 1. The van der Waals surface area contributed by atoms with E-state index >= 15 is 0 Å². The molecule has 0 saturated carbocycles. The van der Waals surface area contributed by atoms with Crippen LogP contribution in [0.1, 0.15) is 32.5 Å². The number of hydrogen-bond acceptors (Lipinski definition) is 4. The number of nitrogens with zero attached hydrogens (tertiary/aromatic N) is 4. The third-order valence-electron chi connectivity index (χ3n) is 3.41. The molecule has 1 atom stereocenters. The summed E-state index contributed by atoms with van der Waals surface area (Å²) in [7, 11) is 1.86. The largest absolute Gasteiger partial charge is 0.344 e. The Labute approximate surface area is 114 Å². The van der Waals surface area contributed by atoms with E-state index in [-0.39, 0.29) is 5.91 Å². The maximum Gasteiger partial charge on any atom is 0.222 e. The van der Waals surface area contributed by atoms with E-state index in [1.807, 2.05) is 11.7 Å². The van der Waals surface area contributed by atoms with Crippen LogP contribution in [0.4, 0.5) is 0 Å². The van der Waals surface area contributed by atoms with Gasteiger partial charge < -0.3 is 10.2 Å². The lowest BCUT2D eigenvalue weighted by molar-refractivity contribution is -0.132. The Balaban J connectivity index is 1.85. The number of carbonyl (C=O) groups is 1. The van der Waals surface area contributed by atoms with Crippen molar-refractivity contribution in [3.63, 3.8) is 0 Å². The smallest absolute Gasteiger partial charge is 0.222 e. The van der Waals surface area contributed by atoms with Gasteiger partial charge in [0.05, 0.1) is 6.54 Å². The van der Waals surface area contributed by atoms with Crippen molar-refractivity contribution in [2.75, 3.05) is 13.6 Å². The van der Waals surface area contributed by atoms with E-state index in [1.165, 1.54) is 0 Å². The Bertz CT molecular complexity index is 428. The molecule has 0 aliphatic carbocycles. The van der Waals surface area contributed by atoms with Crippen molar-refractivity contribution >= 4 is 5.91 Å². The highest BCUT2D eigenvalue weighted by Crippen LogP contribution is 2.10. The van der Waals surface area contributed by atoms with Crippen molar-refractivity contribution in [2.24, 2.45) is 5.92 Å². The lowest BCUT2D eigenvalue weighted by Gasteiger charge is -2.30. The Morgan fingerprint density at radius 1 is 1.53 bits per heavy atom. The van der Waals surface area contributed by atoms with Gasteiger partial charge in [0.1, 0.15) is 12.2 Å². The van der Waals surface area contributed by atoms with E-state index in [0.717, 1.165) is 25.3 Å². The molecule has 2 heterocycles. The predicted molar refractivity (Wildman–Crippen MR) is 72.4 cm³/mol. The number of rotatable bonds is 5. The molecular formula is C13H23N5O. The van der Waals surface area contributed by atoms with E-state index in [1.54, 1.807) is 11.2 Å². The number of aromatic nitrogens is 3. The minimum absolute atomic E-state index is 0.237. The molecule has 2 rings (SSSR count). The summed E-state index contributed by atoms with van der Waals surface area (Å²) in [5, 5.41) is 7.72. The van der Waals surface area contributed by atoms with Crippen molar-refractivity contribution < 1.29 is 4.79 Å². The average molecular weight is 265 g/mol. The minimum Gasteiger partial charge on any atom is -0.344 e. The van der Waals surface area contributed by atoms with Crippen LogP contribution in [0.15, 0.2) is 6.33 Å². The first kappa shape index (κ1) is 14.0. The summed E-state index contributed by atoms with van der Waals surface area (Å²) in [6, 6.07) is 0.354. The highest BCUT2D eigenvalue weighted by molar-refractivity contribution is 5.76. The molecule has 0 aromatic carbocycles. The second kappa shape index (κ2) is 6.14. The minimum atomic E-state index is 0.237. The van der Waals surface area contributed by atoms with Gasteiger partial charge in [-0.15, -0.1) is 0 Å². The van der Waals surface area contributed by atoms with Gasteiger partial charge in [-0.3, -0.25) is 4.79 Å². The molecule has 106 valence electrons. The second-order valence-corrected chi connectivity index (χ2v) is 5.64. The molecular weight excluding hydrogens is 242 g/mol. The number of likely N-dealkylation sites (N-methyl/N-ethyl adjacent to an activating group) is 1. The van der Waals surface area contributed by atoms with Gasteiger partial charge in [-0.2, -0.15) is 5.10 Å². The number of likely N-dealkylation sites (tertiary alicyclic amines) is 1. The Morgan fingerprint density at radius 3 is 3.00 bits per heavy atom. The highest BCUT2D eigenvalue weighted by atomic mass is 16.2. The third-order valence-corrected chi connectivity index (χ3v) is 3.41. The maximum absolute atomic E-state index is 11.4. The fraction of sp³-hybridized carbons (Fsp3) is 0.769. The van der Waals surface area contributed by atoms with Gasteiger partial charge in [-0.1, -0.05) is 13.8 Å². The highest BCUT2D eigenvalue weighted by Gasteiger charge is 2.22. The van der Waals surface area contributed by atoms with Crippen LogP contribution in [0, 0.1) is 5.92 Å². The van der Waals surface area contributed by atoms with Gasteiger partial charge in [-0.05, 0) is 12.3 Å². The summed E-state index contributed by atoms with van der Waals surface area (Å²) in [5.41, 5.74) is 0. The van der Waals surface area contributed by atoms with Gasteiger partial charge in [0, 0.05) is 32.6 Å². The monoisotopic (exact) mass is 265 g/mol. The second-order valence-electron chi connectivity index (χ2n) is 5.64. The van der Waals surface area contributed by atoms with Gasteiger partial charge in [-0.25, -0.2) is 9.67 Å². The van der Waals surface area contributed by atoms with E-state index in [0.29, 0.717) is 24.9 Å². The van der Waals surface area contributed by atoms with Crippen molar-refractivity contribution in [1.29, 1.82) is 0 Å². The van der Waals surface area contributed by atoms with Gasteiger partial charge >= 0.3 is 0 Å². The lowest BCUT2D eigenvalue weighted by Crippen LogP contribution is -2.46. The molecule has 1 unspecified atom stereocenters. The molecule has 1 amide bonds. The van der Waals surface area contributed by atoms with Crippen LogP contribution >= 0.6 is 0 Å². The molecule has 19 heavy (non-hydrogen) atoms. The standard InChI is InChI=1S/C13H23N5O/c1-10(2)7-18-12(15-9-16-18)6-14-11-4-5-13(19)17(3)8-11/h9-11,14H,4-8H2,1-3H3. The van der Waals surface area contributed by atoms with Crippen LogP contribution in [0.25, 0.3) is 0 Å². The van der Waals surface area contributed by atoms with E-state index in [4.69, 9.17) is 0 Å². The molecule has 0 bridgehead atoms. The molecule has 6 nitrogen and oxygen atoms in total. The van der Waals surface area contributed by atoms with Crippen LogP contribution in [0.2, 0.25) is 0 Å². The average Bonchev–Trinajstić information content (AvgIpc) is 2.77. The molecule has 0 spiro atoms. The number of nitrogens with one attached hydrogen (secondary N) is 1. The molecule has 1 aromatic rings. The van der Waals surface area contributed by atoms with Gasteiger partial charge in [0.2, 0.25) is 5.91 Å². The number of carbonyl (C=O) groups excluding carboxylic acids is 1. The molecule has 0 radical (unpaired) electrons. The summed E-state index contributed by atoms with van der Waals surface area (Å²) >= 11 is 0. The summed E-state index contributed by atoms with van der Waals surface area (Å²) in [4.78, 5) is 17.5. The summed E-state index contributed by atoms with van der Waals surface area (Å²) in [6.45, 7) is 6.71. The maximum atomic E-state index is 11.4.